The quantitative estimate of drug-likeness (QED) is 0.583. The fourth-order valence-corrected chi connectivity index (χ4v) is 2.74. The second kappa shape index (κ2) is 9.37. The number of hydrogen-bond donors (Lipinski definition) is 0. The van der Waals surface area contributed by atoms with Gasteiger partial charge >= 0.3 is 11.9 Å². The number of benzene rings is 1. The maximum absolute atomic E-state index is 12.1. The maximum Gasteiger partial charge on any atom is 0.310 e. The van der Waals surface area contributed by atoms with Crippen molar-refractivity contribution in [3.63, 3.8) is 0 Å². The molecule has 0 bridgehead atoms. The third-order valence-electron chi connectivity index (χ3n) is 4.25. The van der Waals surface area contributed by atoms with Crippen LogP contribution in [0.15, 0.2) is 42.0 Å². The second-order valence-corrected chi connectivity index (χ2v) is 6.49. The second-order valence-electron chi connectivity index (χ2n) is 6.49. The zero-order chi connectivity index (χ0) is 18.2. The van der Waals surface area contributed by atoms with E-state index in [0.717, 1.165) is 11.1 Å². The molecule has 0 aromatic heterocycles. The summed E-state index contributed by atoms with van der Waals surface area (Å²) in [6, 6.07) is 9.96. The van der Waals surface area contributed by atoms with Gasteiger partial charge in [0.15, 0.2) is 0 Å². The number of cyclic esters (lactones) is 1. The van der Waals surface area contributed by atoms with Crippen molar-refractivity contribution in [3.05, 3.63) is 47.5 Å². The summed E-state index contributed by atoms with van der Waals surface area (Å²) in [6.07, 6.45) is 1.85. The summed E-state index contributed by atoms with van der Waals surface area (Å²) in [7, 11) is 0. The van der Waals surface area contributed by atoms with Gasteiger partial charge in [0.2, 0.25) is 0 Å². The number of hydrogen-bond acceptors (Lipinski definition) is 5. The predicted octanol–water partition coefficient (Wildman–Crippen LogP) is 3.42. The molecule has 1 aliphatic heterocycles. The SMILES string of the molecule is CC(=O)O[C@@H]1CC(=O)O[C@H]([C@H](C)COCc2ccccc2)C/C=C\1C. The molecular weight excluding hydrogens is 320 g/mol. The van der Waals surface area contributed by atoms with Crippen molar-refractivity contribution in [2.24, 2.45) is 5.92 Å². The molecule has 0 spiro atoms. The monoisotopic (exact) mass is 346 g/mol. The van der Waals surface area contributed by atoms with Crippen molar-refractivity contribution >= 4 is 11.9 Å². The summed E-state index contributed by atoms with van der Waals surface area (Å²) in [5, 5.41) is 0. The van der Waals surface area contributed by atoms with E-state index in [-0.39, 0.29) is 24.4 Å². The highest BCUT2D eigenvalue weighted by Gasteiger charge is 2.27. The van der Waals surface area contributed by atoms with Gasteiger partial charge in [-0.15, -0.1) is 0 Å². The minimum absolute atomic E-state index is 0.0516. The van der Waals surface area contributed by atoms with Gasteiger partial charge in [0, 0.05) is 19.3 Å². The Bertz CT molecular complexity index is 608. The highest BCUT2D eigenvalue weighted by molar-refractivity contribution is 5.72. The van der Waals surface area contributed by atoms with Crippen LogP contribution in [0.25, 0.3) is 0 Å². The van der Waals surface area contributed by atoms with Gasteiger partial charge in [0.25, 0.3) is 0 Å². The van der Waals surface area contributed by atoms with Gasteiger partial charge in [-0.1, -0.05) is 43.3 Å². The molecule has 0 aliphatic carbocycles. The molecule has 136 valence electrons. The molecule has 0 amide bonds. The van der Waals surface area contributed by atoms with Gasteiger partial charge < -0.3 is 14.2 Å². The Labute approximate surface area is 149 Å². The van der Waals surface area contributed by atoms with Crippen molar-refractivity contribution in [2.75, 3.05) is 6.61 Å². The van der Waals surface area contributed by atoms with E-state index in [9.17, 15) is 9.59 Å². The average molecular weight is 346 g/mol. The highest BCUT2D eigenvalue weighted by Crippen LogP contribution is 2.22. The molecule has 0 fully saturated rings. The lowest BCUT2D eigenvalue weighted by atomic mass is 9.97. The van der Waals surface area contributed by atoms with E-state index in [1.165, 1.54) is 6.92 Å². The first-order valence-corrected chi connectivity index (χ1v) is 8.60. The van der Waals surface area contributed by atoms with Crippen LogP contribution in [-0.2, 0) is 30.4 Å². The molecule has 5 heteroatoms. The molecule has 3 atom stereocenters. The molecule has 1 aliphatic rings. The third kappa shape index (κ3) is 6.35. The average Bonchev–Trinajstić information content (AvgIpc) is 2.57. The van der Waals surface area contributed by atoms with Crippen LogP contribution in [0, 0.1) is 5.92 Å². The van der Waals surface area contributed by atoms with E-state index >= 15 is 0 Å². The number of carbonyl (C=O) groups excluding carboxylic acids is 2. The first-order valence-electron chi connectivity index (χ1n) is 8.60. The molecular formula is C20H26O5. The number of rotatable bonds is 6. The van der Waals surface area contributed by atoms with E-state index in [1.54, 1.807) is 0 Å². The van der Waals surface area contributed by atoms with E-state index in [0.29, 0.717) is 19.6 Å². The molecule has 1 aromatic carbocycles. The molecule has 2 rings (SSSR count). The van der Waals surface area contributed by atoms with Gasteiger partial charge in [-0.3, -0.25) is 9.59 Å². The van der Waals surface area contributed by atoms with Crippen molar-refractivity contribution in [2.45, 2.75) is 52.4 Å². The Morgan fingerprint density at radius 1 is 1.32 bits per heavy atom. The van der Waals surface area contributed by atoms with Gasteiger partial charge in [-0.2, -0.15) is 0 Å². The molecule has 0 saturated heterocycles. The number of carbonyl (C=O) groups is 2. The summed E-state index contributed by atoms with van der Waals surface area (Å²) in [6.45, 7) is 6.27. The molecule has 0 saturated carbocycles. The lowest BCUT2D eigenvalue weighted by Gasteiger charge is -2.27. The summed E-state index contributed by atoms with van der Waals surface area (Å²) >= 11 is 0. The van der Waals surface area contributed by atoms with Gasteiger partial charge in [-0.25, -0.2) is 0 Å². The Kier molecular flexibility index (Phi) is 7.19. The van der Waals surface area contributed by atoms with Crippen LogP contribution >= 0.6 is 0 Å². The topological polar surface area (TPSA) is 61.8 Å². The number of ether oxygens (including phenoxy) is 3. The van der Waals surface area contributed by atoms with Gasteiger partial charge in [-0.05, 0) is 18.1 Å². The first kappa shape index (κ1) is 19.2. The van der Waals surface area contributed by atoms with Crippen LogP contribution in [0.2, 0.25) is 0 Å². The standard InChI is InChI=1S/C20H26O5/c1-14-9-10-18(25-20(22)11-19(14)24-16(3)21)15(2)12-23-13-17-7-5-4-6-8-17/h4-9,15,18-19H,10-13H2,1-3H3/b14-9-/t15-,18+,19-/m1/s1. The van der Waals surface area contributed by atoms with E-state index in [1.807, 2.05) is 50.3 Å². The van der Waals surface area contributed by atoms with Crippen LogP contribution in [0.1, 0.15) is 39.2 Å². The Balaban J connectivity index is 1.89. The van der Waals surface area contributed by atoms with Gasteiger partial charge in [0.1, 0.15) is 12.2 Å². The summed E-state index contributed by atoms with van der Waals surface area (Å²) < 4.78 is 16.5. The summed E-state index contributed by atoms with van der Waals surface area (Å²) in [5.41, 5.74) is 2.00. The van der Waals surface area contributed by atoms with Crippen LogP contribution in [0.3, 0.4) is 0 Å². The van der Waals surface area contributed by atoms with Crippen LogP contribution in [0.4, 0.5) is 0 Å². The summed E-state index contributed by atoms with van der Waals surface area (Å²) in [5.74, 6) is -0.675. The fraction of sp³-hybridized carbons (Fsp3) is 0.500. The van der Waals surface area contributed by atoms with Crippen molar-refractivity contribution in [3.8, 4) is 0 Å². The largest absolute Gasteiger partial charge is 0.462 e. The molecule has 0 radical (unpaired) electrons. The third-order valence-corrected chi connectivity index (χ3v) is 4.25. The normalized spacial score (nSPS) is 24.3. The Hall–Kier alpha value is -2.14. The molecule has 5 nitrogen and oxygen atoms in total. The zero-order valence-corrected chi connectivity index (χ0v) is 15.1. The fourth-order valence-electron chi connectivity index (χ4n) is 2.74. The smallest absolute Gasteiger partial charge is 0.310 e. The molecule has 1 heterocycles. The zero-order valence-electron chi connectivity index (χ0n) is 15.1. The summed E-state index contributed by atoms with van der Waals surface area (Å²) in [4.78, 5) is 23.3. The van der Waals surface area contributed by atoms with E-state index < -0.39 is 12.1 Å². The van der Waals surface area contributed by atoms with Crippen LogP contribution in [0.5, 0.6) is 0 Å². The highest BCUT2D eigenvalue weighted by atomic mass is 16.6. The van der Waals surface area contributed by atoms with Crippen LogP contribution < -0.4 is 0 Å². The molecule has 1 aromatic rings. The maximum atomic E-state index is 12.1. The van der Waals surface area contributed by atoms with Crippen molar-refractivity contribution in [1.29, 1.82) is 0 Å². The van der Waals surface area contributed by atoms with Crippen LogP contribution in [-0.4, -0.2) is 30.8 Å². The lowest BCUT2D eigenvalue weighted by Crippen LogP contribution is -2.32. The Morgan fingerprint density at radius 3 is 2.72 bits per heavy atom. The Morgan fingerprint density at radius 2 is 2.04 bits per heavy atom. The van der Waals surface area contributed by atoms with E-state index in [2.05, 4.69) is 0 Å². The minimum atomic E-state index is -0.532. The van der Waals surface area contributed by atoms with Crippen molar-refractivity contribution in [1.82, 2.24) is 0 Å². The van der Waals surface area contributed by atoms with Crippen molar-refractivity contribution < 1.29 is 23.8 Å². The first-order chi connectivity index (χ1) is 12.0. The number of esters is 2. The minimum Gasteiger partial charge on any atom is -0.462 e. The van der Waals surface area contributed by atoms with Gasteiger partial charge in [0.05, 0.1) is 19.6 Å². The predicted molar refractivity (Wildman–Crippen MR) is 93.7 cm³/mol. The van der Waals surface area contributed by atoms with E-state index in [4.69, 9.17) is 14.2 Å². The lowest BCUT2D eigenvalue weighted by molar-refractivity contribution is -0.158. The molecule has 0 unspecified atom stereocenters. The molecule has 25 heavy (non-hydrogen) atoms. The molecule has 0 N–H and O–H groups in total.